The van der Waals surface area contributed by atoms with Crippen LogP contribution in [-0.2, 0) is 9.59 Å². The van der Waals surface area contributed by atoms with Crippen LogP contribution in [0, 0.1) is 0 Å². The molecule has 0 aliphatic carbocycles. The third-order valence-corrected chi connectivity index (χ3v) is 5.36. The summed E-state index contributed by atoms with van der Waals surface area (Å²) < 4.78 is 5.57. The quantitative estimate of drug-likeness (QED) is 0.692. The molecule has 4 N–H and O–H groups in total. The summed E-state index contributed by atoms with van der Waals surface area (Å²) in [5.41, 5.74) is 7.26. The van der Waals surface area contributed by atoms with E-state index in [0.29, 0.717) is 35.4 Å². The van der Waals surface area contributed by atoms with Crippen molar-refractivity contribution in [3.05, 3.63) is 29.8 Å². The van der Waals surface area contributed by atoms with Crippen LogP contribution in [0.5, 0.6) is 5.75 Å². The second-order valence-electron chi connectivity index (χ2n) is 7.44. The van der Waals surface area contributed by atoms with Gasteiger partial charge in [-0.1, -0.05) is 12.1 Å². The smallest absolute Gasteiger partial charge is 0.232 e. The van der Waals surface area contributed by atoms with Crippen molar-refractivity contribution in [2.24, 2.45) is 0 Å². The van der Waals surface area contributed by atoms with Gasteiger partial charge in [-0.2, -0.15) is 9.97 Å². The summed E-state index contributed by atoms with van der Waals surface area (Å²) in [4.78, 5) is 36.5. The van der Waals surface area contributed by atoms with E-state index in [0.717, 1.165) is 25.9 Å². The molecule has 158 valence electrons. The molecule has 3 heterocycles. The summed E-state index contributed by atoms with van der Waals surface area (Å²) in [5.74, 6) is 0.199. The van der Waals surface area contributed by atoms with Gasteiger partial charge in [0, 0.05) is 19.5 Å². The van der Waals surface area contributed by atoms with Gasteiger partial charge in [-0.3, -0.25) is 9.59 Å². The number of carbonyl (C=O) groups is 2. The number of anilines is 4. The van der Waals surface area contributed by atoms with E-state index in [1.807, 2.05) is 19.1 Å². The van der Waals surface area contributed by atoms with Gasteiger partial charge in [-0.25, -0.2) is 0 Å². The van der Waals surface area contributed by atoms with Crippen molar-refractivity contribution < 1.29 is 14.3 Å². The summed E-state index contributed by atoms with van der Waals surface area (Å²) in [6.07, 6.45) is 3.29. The number of carbonyl (C=O) groups excluding carboxylic acids is 2. The zero-order valence-corrected chi connectivity index (χ0v) is 17.0. The molecule has 2 aliphatic rings. The minimum atomic E-state index is -0.779. The van der Waals surface area contributed by atoms with Crippen molar-refractivity contribution in [3.8, 4) is 5.75 Å². The maximum absolute atomic E-state index is 13.1. The van der Waals surface area contributed by atoms with E-state index in [1.54, 1.807) is 12.1 Å². The Morgan fingerprint density at radius 2 is 2.03 bits per heavy atom. The van der Waals surface area contributed by atoms with Crippen LogP contribution >= 0.6 is 0 Å². The van der Waals surface area contributed by atoms with Crippen LogP contribution in [0.1, 0.15) is 44.1 Å². The minimum Gasteiger partial charge on any atom is -0.492 e. The van der Waals surface area contributed by atoms with Crippen molar-refractivity contribution in [2.75, 3.05) is 41.0 Å². The van der Waals surface area contributed by atoms with E-state index < -0.39 is 5.92 Å². The van der Waals surface area contributed by atoms with E-state index in [9.17, 15) is 9.59 Å². The molecule has 2 aromatic rings. The zero-order chi connectivity index (χ0) is 21.1. The van der Waals surface area contributed by atoms with E-state index >= 15 is 0 Å². The Morgan fingerprint density at radius 3 is 2.80 bits per heavy atom. The number of benzene rings is 1. The Morgan fingerprint density at radius 1 is 1.27 bits per heavy atom. The van der Waals surface area contributed by atoms with Crippen LogP contribution < -0.4 is 26.0 Å². The van der Waals surface area contributed by atoms with Gasteiger partial charge in [0.05, 0.1) is 23.8 Å². The summed E-state index contributed by atoms with van der Waals surface area (Å²) in [5, 5.41) is 5.63. The van der Waals surface area contributed by atoms with E-state index in [-0.39, 0.29) is 24.1 Å². The molecule has 0 radical (unpaired) electrons. The van der Waals surface area contributed by atoms with Crippen LogP contribution in [0.15, 0.2) is 24.3 Å². The third-order valence-electron chi connectivity index (χ3n) is 5.36. The number of nitrogen functional groups attached to an aromatic ring is 1. The van der Waals surface area contributed by atoms with E-state index in [1.165, 1.54) is 6.42 Å². The fraction of sp³-hybridized carbons (Fsp3) is 0.429. The monoisotopic (exact) mass is 410 g/mol. The van der Waals surface area contributed by atoms with Crippen LogP contribution in [0.25, 0.3) is 0 Å². The van der Waals surface area contributed by atoms with E-state index in [2.05, 4.69) is 25.5 Å². The van der Waals surface area contributed by atoms with Crippen molar-refractivity contribution in [1.29, 1.82) is 0 Å². The Hall–Kier alpha value is -3.36. The Balaban J connectivity index is 1.63. The highest BCUT2D eigenvalue weighted by Gasteiger charge is 2.35. The number of para-hydroxylation sites is 2. The number of piperidine rings is 1. The number of ether oxygens (including phenoxy) is 1. The molecule has 1 unspecified atom stereocenters. The van der Waals surface area contributed by atoms with Crippen LogP contribution in [-0.4, -0.2) is 41.5 Å². The normalized spacial score (nSPS) is 18.4. The lowest BCUT2D eigenvalue weighted by molar-refractivity contribution is -0.123. The standard InChI is InChI=1S/C21H26N6O3/c1-2-30-15-9-5-4-8-14(15)23-20(29)13-12-16(28)24-19-17(13)18(22)25-21(26-19)27-10-6-3-7-11-27/h4-5,8-9,13H,2-3,6-7,10-12H2,1H3,(H,23,29)(H3,22,24,25,26,28). The molecular weight excluding hydrogens is 384 g/mol. The Labute approximate surface area is 175 Å². The van der Waals surface area contributed by atoms with Gasteiger partial charge in [0.2, 0.25) is 17.8 Å². The lowest BCUT2D eigenvalue weighted by Crippen LogP contribution is -2.35. The molecule has 30 heavy (non-hydrogen) atoms. The molecule has 0 spiro atoms. The molecule has 2 aliphatic heterocycles. The van der Waals surface area contributed by atoms with E-state index in [4.69, 9.17) is 10.5 Å². The molecule has 0 bridgehead atoms. The van der Waals surface area contributed by atoms with Crippen molar-refractivity contribution in [2.45, 2.75) is 38.5 Å². The van der Waals surface area contributed by atoms with Gasteiger partial charge in [-0.15, -0.1) is 0 Å². The molecule has 1 fully saturated rings. The molecule has 2 amide bonds. The lowest BCUT2D eigenvalue weighted by atomic mass is 9.91. The van der Waals surface area contributed by atoms with Crippen molar-refractivity contribution in [1.82, 2.24) is 9.97 Å². The summed E-state index contributed by atoms with van der Waals surface area (Å²) in [6, 6.07) is 7.18. The second-order valence-corrected chi connectivity index (χ2v) is 7.44. The van der Waals surface area contributed by atoms with Gasteiger partial charge < -0.3 is 26.0 Å². The SMILES string of the molecule is CCOc1ccccc1NC(=O)C1CC(=O)Nc2nc(N3CCCCC3)nc(N)c21. The number of nitrogens with one attached hydrogen (secondary N) is 2. The Bertz CT molecular complexity index is 958. The summed E-state index contributed by atoms with van der Waals surface area (Å²) in [6.45, 7) is 4.05. The molecule has 0 saturated carbocycles. The van der Waals surface area contributed by atoms with Gasteiger partial charge in [0.1, 0.15) is 17.4 Å². The number of amides is 2. The first kappa shape index (κ1) is 19.9. The minimum absolute atomic E-state index is 0.0216. The number of aromatic nitrogens is 2. The number of fused-ring (bicyclic) bond motifs is 1. The van der Waals surface area contributed by atoms with Gasteiger partial charge in [0.25, 0.3) is 0 Å². The highest BCUT2D eigenvalue weighted by atomic mass is 16.5. The molecule has 9 heteroatoms. The van der Waals surface area contributed by atoms with Crippen molar-refractivity contribution >= 4 is 35.1 Å². The average molecular weight is 410 g/mol. The number of nitrogens with zero attached hydrogens (tertiary/aromatic N) is 3. The number of hydrogen-bond acceptors (Lipinski definition) is 7. The maximum atomic E-state index is 13.1. The molecule has 9 nitrogen and oxygen atoms in total. The molecule has 1 saturated heterocycles. The Kier molecular flexibility index (Phi) is 5.69. The van der Waals surface area contributed by atoms with Crippen LogP contribution in [0.2, 0.25) is 0 Å². The summed E-state index contributed by atoms with van der Waals surface area (Å²) >= 11 is 0. The number of rotatable bonds is 5. The van der Waals surface area contributed by atoms with Gasteiger partial charge >= 0.3 is 0 Å². The van der Waals surface area contributed by atoms with Gasteiger partial charge in [-0.05, 0) is 38.3 Å². The highest BCUT2D eigenvalue weighted by molar-refractivity contribution is 6.06. The van der Waals surface area contributed by atoms with Gasteiger partial charge in [0.15, 0.2) is 0 Å². The number of hydrogen-bond donors (Lipinski definition) is 3. The number of nitrogens with two attached hydrogens (primary N) is 1. The predicted octanol–water partition coefficient (Wildman–Crippen LogP) is 2.51. The fourth-order valence-electron chi connectivity index (χ4n) is 3.91. The molecular formula is C21H26N6O3. The average Bonchev–Trinajstić information content (AvgIpc) is 2.75. The molecule has 4 rings (SSSR count). The largest absolute Gasteiger partial charge is 0.492 e. The third kappa shape index (κ3) is 4.00. The van der Waals surface area contributed by atoms with Crippen LogP contribution in [0.4, 0.5) is 23.3 Å². The fourth-order valence-corrected chi connectivity index (χ4v) is 3.91. The maximum Gasteiger partial charge on any atom is 0.232 e. The zero-order valence-electron chi connectivity index (χ0n) is 17.0. The molecule has 1 atom stereocenters. The first-order chi connectivity index (χ1) is 14.6. The predicted molar refractivity (Wildman–Crippen MR) is 115 cm³/mol. The molecule has 1 aromatic carbocycles. The second kappa shape index (κ2) is 8.56. The topological polar surface area (TPSA) is 122 Å². The highest BCUT2D eigenvalue weighted by Crippen LogP contribution is 2.37. The first-order valence-electron chi connectivity index (χ1n) is 10.3. The molecule has 1 aromatic heterocycles. The first-order valence-corrected chi connectivity index (χ1v) is 10.3. The summed E-state index contributed by atoms with van der Waals surface area (Å²) in [7, 11) is 0. The lowest BCUT2D eigenvalue weighted by Gasteiger charge is -2.30. The van der Waals surface area contributed by atoms with Crippen molar-refractivity contribution in [3.63, 3.8) is 0 Å². The van der Waals surface area contributed by atoms with Crippen LogP contribution in [0.3, 0.4) is 0 Å².